The van der Waals surface area contributed by atoms with Gasteiger partial charge in [0.05, 0.1) is 24.9 Å². The average Bonchev–Trinajstić information content (AvgIpc) is 2.46. The molecule has 1 fully saturated rings. The molecule has 1 aliphatic heterocycles. The predicted molar refractivity (Wildman–Crippen MR) is 67.2 cm³/mol. The van der Waals surface area contributed by atoms with Crippen LogP contribution in [0.3, 0.4) is 0 Å². The number of pyridine rings is 1. The minimum Gasteiger partial charge on any atom is -0.394 e. The standard InChI is InChI=1S/C13H17N3O2/c14-9-11-1-2-13(15-10-11)16-5-3-12(4-6-16)18-8-7-17/h1-2,10,12,17H,3-8H2. The van der Waals surface area contributed by atoms with E-state index in [1.165, 1.54) is 0 Å². The largest absolute Gasteiger partial charge is 0.394 e. The van der Waals surface area contributed by atoms with Gasteiger partial charge < -0.3 is 14.7 Å². The molecular weight excluding hydrogens is 230 g/mol. The lowest BCUT2D eigenvalue weighted by atomic mass is 10.1. The summed E-state index contributed by atoms with van der Waals surface area (Å²) >= 11 is 0. The predicted octanol–water partition coefficient (Wildman–Crippen LogP) is 0.931. The van der Waals surface area contributed by atoms with Crippen LogP contribution in [-0.4, -0.2) is 42.5 Å². The third kappa shape index (κ3) is 3.19. The Bertz CT molecular complexity index is 405. The van der Waals surface area contributed by atoms with Crippen LogP contribution >= 0.6 is 0 Å². The van der Waals surface area contributed by atoms with Gasteiger partial charge in [-0.1, -0.05) is 0 Å². The third-order valence-electron chi connectivity index (χ3n) is 3.09. The first-order chi connectivity index (χ1) is 8.83. The number of nitrogens with zero attached hydrogens (tertiary/aromatic N) is 3. The van der Waals surface area contributed by atoms with E-state index < -0.39 is 0 Å². The molecule has 0 radical (unpaired) electrons. The van der Waals surface area contributed by atoms with Crippen LogP contribution in [0.1, 0.15) is 18.4 Å². The summed E-state index contributed by atoms with van der Waals surface area (Å²) in [7, 11) is 0. The highest BCUT2D eigenvalue weighted by atomic mass is 16.5. The SMILES string of the molecule is N#Cc1ccc(N2CCC(OCCO)CC2)nc1. The highest BCUT2D eigenvalue weighted by Gasteiger charge is 2.20. The van der Waals surface area contributed by atoms with Crippen LogP contribution in [-0.2, 0) is 4.74 Å². The lowest BCUT2D eigenvalue weighted by molar-refractivity contribution is 0.0158. The van der Waals surface area contributed by atoms with Crippen molar-refractivity contribution in [1.82, 2.24) is 4.98 Å². The normalized spacial score (nSPS) is 16.6. The minimum atomic E-state index is 0.0807. The Morgan fingerprint density at radius 2 is 2.22 bits per heavy atom. The first-order valence-electron chi connectivity index (χ1n) is 6.17. The van der Waals surface area contributed by atoms with Gasteiger partial charge in [-0.3, -0.25) is 0 Å². The minimum absolute atomic E-state index is 0.0807. The van der Waals surface area contributed by atoms with Crippen molar-refractivity contribution in [2.24, 2.45) is 0 Å². The summed E-state index contributed by atoms with van der Waals surface area (Å²) in [6, 6.07) is 5.73. The fourth-order valence-electron chi connectivity index (χ4n) is 2.11. The van der Waals surface area contributed by atoms with Crippen molar-refractivity contribution < 1.29 is 9.84 Å². The van der Waals surface area contributed by atoms with E-state index in [-0.39, 0.29) is 12.7 Å². The number of nitriles is 1. The number of hydrogen-bond acceptors (Lipinski definition) is 5. The number of ether oxygens (including phenoxy) is 1. The molecular formula is C13H17N3O2. The van der Waals surface area contributed by atoms with Gasteiger partial charge in [-0.15, -0.1) is 0 Å². The number of aromatic nitrogens is 1. The Labute approximate surface area is 107 Å². The maximum absolute atomic E-state index is 8.72. The first kappa shape index (κ1) is 12.8. The molecule has 1 N–H and O–H groups in total. The van der Waals surface area contributed by atoms with Crippen LogP contribution in [0.2, 0.25) is 0 Å². The molecule has 1 aromatic heterocycles. The van der Waals surface area contributed by atoms with Crippen molar-refractivity contribution in [2.75, 3.05) is 31.2 Å². The number of piperidine rings is 1. The molecule has 5 nitrogen and oxygen atoms in total. The Kier molecular flexibility index (Phi) is 4.51. The highest BCUT2D eigenvalue weighted by Crippen LogP contribution is 2.19. The van der Waals surface area contributed by atoms with E-state index in [0.29, 0.717) is 12.2 Å². The monoisotopic (exact) mass is 247 g/mol. The molecule has 2 rings (SSSR count). The molecule has 0 bridgehead atoms. The van der Waals surface area contributed by atoms with E-state index in [0.717, 1.165) is 31.7 Å². The van der Waals surface area contributed by atoms with Gasteiger partial charge >= 0.3 is 0 Å². The van der Waals surface area contributed by atoms with E-state index in [1.54, 1.807) is 12.3 Å². The molecule has 0 aliphatic carbocycles. The van der Waals surface area contributed by atoms with Crippen molar-refractivity contribution in [3.8, 4) is 6.07 Å². The van der Waals surface area contributed by atoms with Crippen molar-refractivity contribution in [2.45, 2.75) is 18.9 Å². The van der Waals surface area contributed by atoms with Gasteiger partial charge in [0, 0.05) is 19.3 Å². The molecule has 2 heterocycles. The summed E-state index contributed by atoms with van der Waals surface area (Å²) in [5.74, 6) is 0.912. The van der Waals surface area contributed by atoms with Gasteiger partial charge in [0.25, 0.3) is 0 Å². The second-order valence-electron chi connectivity index (χ2n) is 4.30. The second-order valence-corrected chi connectivity index (χ2v) is 4.30. The number of aliphatic hydroxyl groups excluding tert-OH is 1. The van der Waals surface area contributed by atoms with E-state index in [4.69, 9.17) is 15.1 Å². The van der Waals surface area contributed by atoms with Gasteiger partial charge in [-0.25, -0.2) is 4.98 Å². The number of anilines is 1. The molecule has 1 aliphatic rings. The van der Waals surface area contributed by atoms with Gasteiger partial charge in [0.1, 0.15) is 11.9 Å². The quantitative estimate of drug-likeness (QED) is 0.857. The average molecular weight is 247 g/mol. The Morgan fingerprint density at radius 3 is 2.78 bits per heavy atom. The summed E-state index contributed by atoms with van der Waals surface area (Å²) in [5, 5.41) is 17.4. The summed E-state index contributed by atoms with van der Waals surface area (Å²) in [6.45, 7) is 2.29. The molecule has 0 saturated carbocycles. The van der Waals surface area contributed by atoms with Crippen LogP contribution in [0.25, 0.3) is 0 Å². The van der Waals surface area contributed by atoms with Gasteiger partial charge in [0.2, 0.25) is 0 Å². The van der Waals surface area contributed by atoms with E-state index in [1.807, 2.05) is 6.07 Å². The van der Waals surface area contributed by atoms with Crippen LogP contribution in [0, 0.1) is 11.3 Å². The zero-order valence-electron chi connectivity index (χ0n) is 10.2. The van der Waals surface area contributed by atoms with Gasteiger partial charge in [-0.05, 0) is 25.0 Å². The smallest absolute Gasteiger partial charge is 0.128 e. The maximum Gasteiger partial charge on any atom is 0.128 e. The summed E-state index contributed by atoms with van der Waals surface area (Å²) in [5.41, 5.74) is 0.583. The Balaban J connectivity index is 1.87. The molecule has 1 aromatic rings. The molecule has 0 unspecified atom stereocenters. The zero-order chi connectivity index (χ0) is 12.8. The summed E-state index contributed by atoms with van der Waals surface area (Å²) in [4.78, 5) is 6.48. The van der Waals surface area contributed by atoms with Crippen LogP contribution in [0.15, 0.2) is 18.3 Å². The number of rotatable bonds is 4. The van der Waals surface area contributed by atoms with Crippen molar-refractivity contribution in [3.05, 3.63) is 23.9 Å². The fraction of sp³-hybridized carbons (Fsp3) is 0.538. The van der Waals surface area contributed by atoms with Crippen LogP contribution in [0.5, 0.6) is 0 Å². The van der Waals surface area contributed by atoms with Crippen molar-refractivity contribution >= 4 is 5.82 Å². The topological polar surface area (TPSA) is 69.4 Å². The van der Waals surface area contributed by atoms with E-state index >= 15 is 0 Å². The molecule has 96 valence electrons. The Hall–Kier alpha value is -1.64. The number of aliphatic hydroxyl groups is 1. The molecule has 18 heavy (non-hydrogen) atoms. The van der Waals surface area contributed by atoms with Gasteiger partial charge in [-0.2, -0.15) is 5.26 Å². The zero-order valence-corrected chi connectivity index (χ0v) is 10.2. The Morgan fingerprint density at radius 1 is 1.44 bits per heavy atom. The molecule has 5 heteroatoms. The van der Waals surface area contributed by atoms with Crippen molar-refractivity contribution in [1.29, 1.82) is 5.26 Å². The molecule has 0 atom stereocenters. The summed E-state index contributed by atoms with van der Waals surface area (Å²) in [6.07, 6.45) is 3.74. The molecule has 0 aromatic carbocycles. The summed E-state index contributed by atoms with van der Waals surface area (Å²) < 4.78 is 5.51. The van der Waals surface area contributed by atoms with E-state index in [2.05, 4.69) is 16.0 Å². The number of hydrogen-bond donors (Lipinski definition) is 1. The lowest BCUT2D eigenvalue weighted by Gasteiger charge is -2.32. The van der Waals surface area contributed by atoms with Crippen molar-refractivity contribution in [3.63, 3.8) is 0 Å². The molecule has 1 saturated heterocycles. The fourth-order valence-corrected chi connectivity index (χ4v) is 2.11. The maximum atomic E-state index is 8.72. The lowest BCUT2D eigenvalue weighted by Crippen LogP contribution is -2.37. The van der Waals surface area contributed by atoms with E-state index in [9.17, 15) is 0 Å². The highest BCUT2D eigenvalue weighted by molar-refractivity contribution is 5.42. The van der Waals surface area contributed by atoms with Gasteiger partial charge in [0.15, 0.2) is 0 Å². The van der Waals surface area contributed by atoms with Crippen LogP contribution in [0.4, 0.5) is 5.82 Å². The molecule has 0 spiro atoms. The first-order valence-corrected chi connectivity index (χ1v) is 6.17. The van der Waals surface area contributed by atoms with Crippen LogP contribution < -0.4 is 4.90 Å². The second kappa shape index (κ2) is 6.34. The molecule has 0 amide bonds. The third-order valence-corrected chi connectivity index (χ3v) is 3.09.